The van der Waals surface area contributed by atoms with Crippen LogP contribution in [0, 0.1) is 6.92 Å². The Morgan fingerprint density at radius 2 is 2.05 bits per heavy atom. The number of aromatic nitrogens is 2. The number of aryl methyl sites for hydroxylation is 2. The number of rotatable bonds is 5. The number of halogens is 1. The second kappa shape index (κ2) is 6.08. The van der Waals surface area contributed by atoms with E-state index in [0.717, 1.165) is 17.0 Å². The van der Waals surface area contributed by atoms with Gasteiger partial charge in [-0.05, 0) is 19.1 Å². The summed E-state index contributed by atoms with van der Waals surface area (Å²) < 4.78 is 7.11. The van der Waals surface area contributed by atoms with Crippen molar-refractivity contribution < 1.29 is 9.84 Å². The van der Waals surface area contributed by atoms with E-state index < -0.39 is 6.10 Å². The largest absolute Gasteiger partial charge is 0.491 e. The topological polar surface area (TPSA) is 47.3 Å². The molecule has 0 bridgehead atoms. The van der Waals surface area contributed by atoms with Crippen LogP contribution in [0.2, 0.25) is 5.15 Å². The van der Waals surface area contributed by atoms with E-state index in [9.17, 15) is 5.11 Å². The molecule has 0 saturated carbocycles. The lowest BCUT2D eigenvalue weighted by Gasteiger charge is -2.12. The SMILES string of the molecule is Cc1nn(C)c(Cl)c1CC(O)COc1ccccc1. The maximum atomic E-state index is 10.0. The van der Waals surface area contributed by atoms with Crippen molar-refractivity contribution in [3.05, 3.63) is 46.7 Å². The molecule has 4 nitrogen and oxygen atoms in total. The molecule has 19 heavy (non-hydrogen) atoms. The highest BCUT2D eigenvalue weighted by Gasteiger charge is 2.15. The van der Waals surface area contributed by atoms with Gasteiger partial charge in [-0.25, -0.2) is 0 Å². The molecule has 1 N–H and O–H groups in total. The van der Waals surface area contributed by atoms with Crippen molar-refractivity contribution in [3.8, 4) is 5.75 Å². The maximum Gasteiger partial charge on any atom is 0.130 e. The maximum absolute atomic E-state index is 10.0. The van der Waals surface area contributed by atoms with Crippen LogP contribution < -0.4 is 4.74 Å². The van der Waals surface area contributed by atoms with Gasteiger partial charge in [-0.2, -0.15) is 5.10 Å². The second-order valence-corrected chi connectivity index (χ2v) is 4.82. The third kappa shape index (κ3) is 3.49. The minimum absolute atomic E-state index is 0.231. The summed E-state index contributed by atoms with van der Waals surface area (Å²) in [5.41, 5.74) is 1.71. The average molecular weight is 281 g/mol. The number of para-hydroxylation sites is 1. The van der Waals surface area contributed by atoms with Crippen LogP contribution in [0.5, 0.6) is 5.75 Å². The first-order valence-corrected chi connectivity index (χ1v) is 6.49. The van der Waals surface area contributed by atoms with Gasteiger partial charge in [0.05, 0.1) is 11.8 Å². The van der Waals surface area contributed by atoms with Gasteiger partial charge in [-0.15, -0.1) is 0 Å². The summed E-state index contributed by atoms with van der Waals surface area (Å²) in [5, 5.41) is 14.8. The molecule has 0 saturated heterocycles. The minimum Gasteiger partial charge on any atom is -0.491 e. The van der Waals surface area contributed by atoms with Gasteiger partial charge < -0.3 is 9.84 Å². The Balaban J connectivity index is 1.92. The number of hydrogen-bond donors (Lipinski definition) is 1. The first-order chi connectivity index (χ1) is 9.08. The fraction of sp³-hybridized carbons (Fsp3) is 0.357. The summed E-state index contributed by atoms with van der Waals surface area (Å²) >= 11 is 6.12. The molecule has 1 aromatic carbocycles. The third-order valence-corrected chi connectivity index (χ3v) is 3.37. The molecule has 2 rings (SSSR count). The Morgan fingerprint density at radius 3 is 2.63 bits per heavy atom. The minimum atomic E-state index is -0.611. The average Bonchev–Trinajstić information content (AvgIpc) is 2.64. The van der Waals surface area contributed by atoms with Gasteiger partial charge in [0, 0.05) is 19.0 Å². The Bertz CT molecular complexity index is 540. The molecule has 2 aromatic rings. The molecule has 0 radical (unpaired) electrons. The predicted octanol–water partition coefficient (Wildman–Crippen LogP) is 2.36. The fourth-order valence-corrected chi connectivity index (χ4v) is 2.16. The van der Waals surface area contributed by atoms with Crippen molar-refractivity contribution in [3.63, 3.8) is 0 Å². The van der Waals surface area contributed by atoms with Gasteiger partial charge in [0.15, 0.2) is 0 Å². The molecule has 0 aliphatic rings. The highest BCUT2D eigenvalue weighted by molar-refractivity contribution is 6.30. The van der Waals surface area contributed by atoms with Gasteiger partial charge >= 0.3 is 0 Å². The van der Waals surface area contributed by atoms with Crippen molar-refractivity contribution in [2.24, 2.45) is 7.05 Å². The normalized spacial score (nSPS) is 12.4. The summed E-state index contributed by atoms with van der Waals surface area (Å²) in [6.07, 6.45) is -0.175. The standard InChI is InChI=1S/C14H17ClN2O2/c1-10-13(14(15)17(2)16-10)8-11(18)9-19-12-6-4-3-5-7-12/h3-7,11,18H,8-9H2,1-2H3. The molecule has 1 unspecified atom stereocenters. The number of ether oxygens (including phenoxy) is 1. The van der Waals surface area contributed by atoms with Crippen molar-refractivity contribution in [2.75, 3.05) is 6.61 Å². The third-order valence-electron chi connectivity index (χ3n) is 2.90. The first kappa shape index (κ1) is 13.9. The summed E-state index contributed by atoms with van der Waals surface area (Å²) in [5.74, 6) is 0.746. The molecular formula is C14H17ClN2O2. The highest BCUT2D eigenvalue weighted by Crippen LogP contribution is 2.20. The van der Waals surface area contributed by atoms with E-state index >= 15 is 0 Å². The van der Waals surface area contributed by atoms with Gasteiger partial charge in [-0.1, -0.05) is 29.8 Å². The van der Waals surface area contributed by atoms with Crippen LogP contribution in [0.25, 0.3) is 0 Å². The fourth-order valence-electron chi connectivity index (χ4n) is 1.91. The lowest BCUT2D eigenvalue weighted by atomic mass is 10.1. The Labute approximate surface area is 117 Å². The summed E-state index contributed by atoms with van der Waals surface area (Å²) in [6, 6.07) is 9.42. The Morgan fingerprint density at radius 1 is 1.37 bits per heavy atom. The lowest BCUT2D eigenvalue weighted by molar-refractivity contribution is 0.107. The quantitative estimate of drug-likeness (QED) is 0.915. The van der Waals surface area contributed by atoms with Crippen molar-refractivity contribution in [1.82, 2.24) is 9.78 Å². The molecule has 1 heterocycles. The van der Waals surface area contributed by atoms with E-state index in [4.69, 9.17) is 16.3 Å². The molecule has 0 fully saturated rings. The van der Waals surface area contributed by atoms with E-state index in [0.29, 0.717) is 11.6 Å². The summed E-state index contributed by atoms with van der Waals surface area (Å²) in [7, 11) is 1.78. The zero-order chi connectivity index (χ0) is 13.8. The first-order valence-electron chi connectivity index (χ1n) is 6.12. The highest BCUT2D eigenvalue weighted by atomic mass is 35.5. The van der Waals surface area contributed by atoms with E-state index in [1.165, 1.54) is 0 Å². The molecule has 5 heteroatoms. The molecule has 0 amide bonds. The van der Waals surface area contributed by atoms with Gasteiger partial charge in [0.2, 0.25) is 0 Å². The van der Waals surface area contributed by atoms with E-state index in [2.05, 4.69) is 5.10 Å². The van der Waals surface area contributed by atoms with Gasteiger partial charge in [0.25, 0.3) is 0 Å². The molecular weight excluding hydrogens is 264 g/mol. The van der Waals surface area contributed by atoms with E-state index in [-0.39, 0.29) is 6.61 Å². The Hall–Kier alpha value is -1.52. The van der Waals surface area contributed by atoms with Crippen molar-refractivity contribution in [2.45, 2.75) is 19.4 Å². The molecule has 0 aliphatic carbocycles. The van der Waals surface area contributed by atoms with Crippen molar-refractivity contribution in [1.29, 1.82) is 0 Å². The molecule has 102 valence electrons. The molecule has 0 spiro atoms. The van der Waals surface area contributed by atoms with Crippen molar-refractivity contribution >= 4 is 11.6 Å². The number of hydrogen-bond acceptors (Lipinski definition) is 3. The number of aliphatic hydroxyl groups is 1. The van der Waals surface area contributed by atoms with Gasteiger partial charge in [-0.3, -0.25) is 4.68 Å². The molecule has 1 aromatic heterocycles. The lowest BCUT2D eigenvalue weighted by Crippen LogP contribution is -2.20. The van der Waals surface area contributed by atoms with Crippen LogP contribution in [-0.4, -0.2) is 27.6 Å². The van der Waals surface area contributed by atoms with E-state index in [1.54, 1.807) is 11.7 Å². The number of nitrogens with zero attached hydrogens (tertiary/aromatic N) is 2. The van der Waals surface area contributed by atoms with Crippen LogP contribution in [-0.2, 0) is 13.5 Å². The monoisotopic (exact) mass is 280 g/mol. The van der Waals surface area contributed by atoms with Crippen LogP contribution in [0.15, 0.2) is 30.3 Å². The van der Waals surface area contributed by atoms with Gasteiger partial charge in [0.1, 0.15) is 17.5 Å². The second-order valence-electron chi connectivity index (χ2n) is 4.46. The van der Waals surface area contributed by atoms with Crippen LogP contribution in [0.4, 0.5) is 0 Å². The van der Waals surface area contributed by atoms with E-state index in [1.807, 2.05) is 37.3 Å². The molecule has 1 atom stereocenters. The summed E-state index contributed by atoms with van der Waals surface area (Å²) in [4.78, 5) is 0. The summed E-state index contributed by atoms with van der Waals surface area (Å²) in [6.45, 7) is 2.11. The number of benzene rings is 1. The zero-order valence-electron chi connectivity index (χ0n) is 11.0. The smallest absolute Gasteiger partial charge is 0.130 e. The van der Waals surface area contributed by atoms with Crippen LogP contribution in [0.1, 0.15) is 11.3 Å². The number of aliphatic hydroxyl groups excluding tert-OH is 1. The van der Waals surface area contributed by atoms with Crippen LogP contribution in [0.3, 0.4) is 0 Å². The zero-order valence-corrected chi connectivity index (χ0v) is 11.8. The Kier molecular flexibility index (Phi) is 4.45. The predicted molar refractivity (Wildman–Crippen MR) is 74.6 cm³/mol. The molecule has 0 aliphatic heterocycles. The van der Waals surface area contributed by atoms with Crippen LogP contribution >= 0.6 is 11.6 Å².